The van der Waals surface area contributed by atoms with Gasteiger partial charge in [-0.15, -0.1) is 0 Å². The Morgan fingerprint density at radius 1 is 0.944 bits per heavy atom. The zero-order valence-corrected chi connectivity index (χ0v) is 20.5. The Morgan fingerprint density at radius 3 is 2.42 bits per heavy atom. The van der Waals surface area contributed by atoms with Gasteiger partial charge in [-0.3, -0.25) is 14.9 Å². The topological polar surface area (TPSA) is 100 Å². The fourth-order valence-corrected chi connectivity index (χ4v) is 4.07. The lowest BCUT2D eigenvalue weighted by molar-refractivity contribution is -0.130. The van der Waals surface area contributed by atoms with Crippen molar-refractivity contribution in [3.05, 3.63) is 82.9 Å². The first-order chi connectivity index (χ1) is 17.3. The highest BCUT2D eigenvalue weighted by atomic mass is 16.6. The monoisotopic (exact) mass is 489 g/mol. The summed E-state index contributed by atoms with van der Waals surface area (Å²) in [6.45, 7) is 3.57. The molecule has 1 fully saturated rings. The highest BCUT2D eigenvalue weighted by Gasteiger charge is 2.46. The molecule has 0 radical (unpaired) electrons. The van der Waals surface area contributed by atoms with Crippen LogP contribution in [0.4, 0.5) is 4.79 Å². The number of cyclic esters (lactones) is 1. The molecule has 1 saturated heterocycles. The number of hydrogen-bond donors (Lipinski definition) is 1. The van der Waals surface area contributed by atoms with Gasteiger partial charge in [0, 0.05) is 17.2 Å². The van der Waals surface area contributed by atoms with Crippen LogP contribution in [0.1, 0.15) is 47.3 Å². The Balaban J connectivity index is 1.64. The first-order valence-electron chi connectivity index (χ1n) is 11.5. The molecule has 1 atom stereocenters. The maximum absolute atomic E-state index is 13.3. The number of carbonyl (C=O) groups is 3. The van der Waals surface area contributed by atoms with Crippen molar-refractivity contribution in [2.75, 3.05) is 14.2 Å². The van der Waals surface area contributed by atoms with Crippen molar-refractivity contribution >= 4 is 17.8 Å². The number of ketones is 1. The van der Waals surface area contributed by atoms with Crippen molar-refractivity contribution in [1.82, 2.24) is 5.32 Å². The largest absolute Gasteiger partial charge is 0.497 e. The van der Waals surface area contributed by atoms with Gasteiger partial charge in [0.1, 0.15) is 23.0 Å². The van der Waals surface area contributed by atoms with Crippen LogP contribution in [0.2, 0.25) is 0 Å². The predicted molar refractivity (Wildman–Crippen MR) is 132 cm³/mol. The third-order valence-electron chi connectivity index (χ3n) is 6.05. The number of carbonyl (C=O) groups excluding carboxylic acids is 3. The van der Waals surface area contributed by atoms with Crippen LogP contribution in [-0.2, 0) is 21.6 Å². The minimum Gasteiger partial charge on any atom is -0.497 e. The summed E-state index contributed by atoms with van der Waals surface area (Å²) in [5.41, 5.74) is 0.845. The molecular weight excluding hydrogens is 462 g/mol. The average molecular weight is 490 g/mol. The van der Waals surface area contributed by atoms with E-state index in [2.05, 4.69) is 5.32 Å². The number of methoxy groups -OCH3 is 2. The molecule has 1 heterocycles. The second kappa shape index (κ2) is 10.1. The van der Waals surface area contributed by atoms with E-state index in [-0.39, 0.29) is 5.78 Å². The van der Waals surface area contributed by atoms with Crippen molar-refractivity contribution in [2.45, 2.75) is 32.3 Å². The fraction of sp³-hybridized carbons (Fsp3) is 0.250. The molecule has 0 saturated carbocycles. The van der Waals surface area contributed by atoms with Crippen molar-refractivity contribution in [1.29, 1.82) is 0 Å². The van der Waals surface area contributed by atoms with E-state index in [0.29, 0.717) is 46.1 Å². The summed E-state index contributed by atoms with van der Waals surface area (Å²) in [6.07, 6.45) is 0.745. The number of rotatable bonds is 9. The molecule has 36 heavy (non-hydrogen) atoms. The lowest BCUT2D eigenvalue weighted by Gasteiger charge is -2.20. The van der Waals surface area contributed by atoms with Crippen LogP contribution >= 0.6 is 0 Å². The minimum absolute atomic E-state index is 0.178. The molecule has 4 rings (SSSR count). The molecule has 2 amide bonds. The molecule has 0 spiro atoms. The van der Waals surface area contributed by atoms with Crippen molar-refractivity contribution < 1.29 is 33.3 Å². The van der Waals surface area contributed by atoms with Crippen LogP contribution in [0.3, 0.4) is 0 Å². The molecular formula is C28H27NO7. The molecule has 0 aliphatic carbocycles. The summed E-state index contributed by atoms with van der Waals surface area (Å²) in [5, 5.41) is 2.16. The Hall–Kier alpha value is -4.33. The lowest BCUT2D eigenvalue weighted by Crippen LogP contribution is -2.33. The van der Waals surface area contributed by atoms with E-state index >= 15 is 0 Å². The van der Waals surface area contributed by atoms with Crippen molar-refractivity contribution in [2.24, 2.45) is 0 Å². The average Bonchev–Trinajstić information content (AvgIpc) is 3.16. The third kappa shape index (κ3) is 4.75. The first-order valence-corrected chi connectivity index (χ1v) is 11.5. The zero-order chi connectivity index (χ0) is 25.9. The number of imide groups is 1. The van der Waals surface area contributed by atoms with E-state index in [0.717, 1.165) is 12.0 Å². The van der Waals surface area contributed by atoms with Crippen LogP contribution in [0.25, 0.3) is 0 Å². The van der Waals surface area contributed by atoms with Crippen molar-refractivity contribution in [3.8, 4) is 23.0 Å². The number of benzene rings is 3. The molecule has 8 nitrogen and oxygen atoms in total. The van der Waals surface area contributed by atoms with Crippen LogP contribution < -0.4 is 19.5 Å². The van der Waals surface area contributed by atoms with Crippen LogP contribution in [0, 0.1) is 0 Å². The molecule has 3 aromatic carbocycles. The molecule has 1 N–H and O–H groups in total. The quantitative estimate of drug-likeness (QED) is 0.414. The van der Waals surface area contributed by atoms with Gasteiger partial charge < -0.3 is 18.9 Å². The standard InChI is InChI=1S/C28H27NO7/c1-5-7-17-14-18(25(30)22-12-11-20(33-3)16-24(22)34-4)10-13-23(17)35-21-9-6-8-19(15-21)28(2)26(31)29-27(32)36-28/h6,8-16H,5,7H2,1-4H3,(H,29,31,32)/t28-/m1/s1. The van der Waals surface area contributed by atoms with Gasteiger partial charge in [0.05, 0.1) is 19.8 Å². The smallest absolute Gasteiger partial charge is 0.415 e. The van der Waals surface area contributed by atoms with Gasteiger partial charge in [-0.25, -0.2) is 4.79 Å². The summed E-state index contributed by atoms with van der Waals surface area (Å²) in [4.78, 5) is 37.1. The van der Waals surface area contributed by atoms with Crippen molar-refractivity contribution in [3.63, 3.8) is 0 Å². The third-order valence-corrected chi connectivity index (χ3v) is 6.05. The molecule has 3 aromatic rings. The molecule has 8 heteroatoms. The van der Waals surface area contributed by atoms with Gasteiger partial charge in [0.2, 0.25) is 5.60 Å². The van der Waals surface area contributed by atoms with Crippen LogP contribution in [0.15, 0.2) is 60.7 Å². The summed E-state index contributed by atoms with van der Waals surface area (Å²) in [6, 6.07) is 17.2. The minimum atomic E-state index is -1.43. The van der Waals surface area contributed by atoms with E-state index in [1.807, 2.05) is 13.0 Å². The van der Waals surface area contributed by atoms with E-state index in [9.17, 15) is 14.4 Å². The van der Waals surface area contributed by atoms with E-state index < -0.39 is 17.6 Å². The van der Waals surface area contributed by atoms with Crippen LogP contribution in [-0.4, -0.2) is 32.0 Å². The highest BCUT2D eigenvalue weighted by molar-refractivity contribution is 6.11. The maximum atomic E-state index is 13.3. The second-order valence-electron chi connectivity index (χ2n) is 8.47. The molecule has 0 unspecified atom stereocenters. The Morgan fingerprint density at radius 2 is 1.75 bits per heavy atom. The van der Waals surface area contributed by atoms with Crippen LogP contribution in [0.5, 0.6) is 23.0 Å². The summed E-state index contributed by atoms with van der Waals surface area (Å²) < 4.78 is 22.0. The predicted octanol–water partition coefficient (Wildman–Crippen LogP) is 5.16. The van der Waals surface area contributed by atoms with Gasteiger partial charge in [0.15, 0.2) is 5.78 Å². The number of amides is 2. The summed E-state index contributed by atoms with van der Waals surface area (Å²) in [7, 11) is 3.06. The van der Waals surface area contributed by atoms with E-state index in [1.54, 1.807) is 61.7 Å². The maximum Gasteiger partial charge on any atom is 0.415 e. The summed E-state index contributed by atoms with van der Waals surface area (Å²) >= 11 is 0. The van der Waals surface area contributed by atoms with Gasteiger partial charge in [-0.2, -0.15) is 0 Å². The van der Waals surface area contributed by atoms with E-state index in [1.165, 1.54) is 14.0 Å². The molecule has 1 aliphatic heterocycles. The normalized spacial score (nSPS) is 16.8. The zero-order valence-electron chi connectivity index (χ0n) is 20.5. The summed E-state index contributed by atoms with van der Waals surface area (Å²) in [5.74, 6) is 1.37. The second-order valence-corrected chi connectivity index (χ2v) is 8.47. The van der Waals surface area contributed by atoms with Gasteiger partial charge in [-0.05, 0) is 61.4 Å². The van der Waals surface area contributed by atoms with E-state index in [4.69, 9.17) is 18.9 Å². The fourth-order valence-electron chi connectivity index (χ4n) is 4.07. The molecule has 1 aliphatic rings. The molecule has 0 aromatic heterocycles. The number of hydrogen-bond acceptors (Lipinski definition) is 7. The van der Waals surface area contributed by atoms with Gasteiger partial charge >= 0.3 is 6.09 Å². The lowest BCUT2D eigenvalue weighted by atomic mass is 9.95. The Kier molecular flexibility index (Phi) is 6.96. The number of nitrogens with one attached hydrogen (secondary N) is 1. The Labute approximate surface area is 209 Å². The SMILES string of the molecule is CCCc1cc(C(=O)c2ccc(OC)cc2OC)ccc1Oc1cccc([C@@]2(C)OC(=O)NC2=O)c1. The molecule has 186 valence electrons. The van der Waals surface area contributed by atoms with Gasteiger partial charge in [0.25, 0.3) is 5.91 Å². The number of alkyl carbamates (subject to hydrolysis) is 1. The number of aryl methyl sites for hydroxylation is 1. The van der Waals surface area contributed by atoms with Gasteiger partial charge in [-0.1, -0.05) is 25.5 Å². The Bertz CT molecular complexity index is 1330. The highest BCUT2D eigenvalue weighted by Crippen LogP contribution is 2.35. The number of ether oxygens (including phenoxy) is 4. The molecule has 0 bridgehead atoms. The first kappa shape index (κ1) is 24.8.